The topological polar surface area (TPSA) is 81.4 Å². The molecule has 1 rings (SSSR count). The molecule has 5 nitrogen and oxygen atoms in total. The van der Waals surface area contributed by atoms with Gasteiger partial charge in [0, 0.05) is 19.2 Å². The molecular formula is C13H17ClN2O3S. The van der Waals surface area contributed by atoms with E-state index in [1.165, 1.54) is 22.5 Å². The van der Waals surface area contributed by atoms with E-state index in [1.807, 2.05) is 6.07 Å². The number of nitrogens with zero attached hydrogens (tertiary/aromatic N) is 2. The van der Waals surface area contributed by atoms with Gasteiger partial charge < -0.3 is 5.11 Å². The van der Waals surface area contributed by atoms with Crippen LogP contribution in [-0.2, 0) is 10.0 Å². The number of sulfonamides is 1. The summed E-state index contributed by atoms with van der Waals surface area (Å²) < 4.78 is 26.4. The van der Waals surface area contributed by atoms with Crippen molar-refractivity contribution in [1.29, 1.82) is 5.26 Å². The van der Waals surface area contributed by atoms with Crippen molar-refractivity contribution in [2.75, 3.05) is 13.2 Å². The van der Waals surface area contributed by atoms with Gasteiger partial charge in [0.15, 0.2) is 0 Å². The molecule has 110 valence electrons. The third-order valence-corrected chi connectivity index (χ3v) is 5.16. The minimum atomic E-state index is -3.69. The van der Waals surface area contributed by atoms with Crippen LogP contribution in [0, 0.1) is 11.3 Å². The summed E-state index contributed by atoms with van der Waals surface area (Å²) in [7, 11) is -3.69. The average Bonchev–Trinajstić information content (AvgIpc) is 2.38. The molecule has 0 heterocycles. The van der Waals surface area contributed by atoms with Crippen LogP contribution in [0.25, 0.3) is 0 Å². The fourth-order valence-corrected chi connectivity index (χ4v) is 3.75. The average molecular weight is 317 g/mol. The highest BCUT2D eigenvalue weighted by molar-refractivity contribution is 7.89. The van der Waals surface area contributed by atoms with Crippen molar-refractivity contribution in [3.8, 4) is 6.07 Å². The zero-order valence-corrected chi connectivity index (χ0v) is 12.9. The van der Waals surface area contributed by atoms with Crippen LogP contribution in [0.2, 0.25) is 5.02 Å². The first-order valence-electron chi connectivity index (χ1n) is 6.17. The Kier molecular flexibility index (Phi) is 5.96. The molecule has 0 fully saturated rings. The first-order valence-corrected chi connectivity index (χ1v) is 7.98. The molecule has 1 aromatic carbocycles. The molecule has 0 amide bonds. The van der Waals surface area contributed by atoms with Crippen molar-refractivity contribution in [1.82, 2.24) is 4.31 Å². The number of nitriles is 1. The van der Waals surface area contributed by atoms with E-state index in [4.69, 9.17) is 22.0 Å². The molecule has 0 aromatic heterocycles. The first-order chi connectivity index (χ1) is 9.34. The zero-order valence-electron chi connectivity index (χ0n) is 11.4. The molecule has 1 aromatic rings. The summed E-state index contributed by atoms with van der Waals surface area (Å²) in [5.74, 6) is 0. The fourth-order valence-electron chi connectivity index (χ4n) is 1.76. The van der Waals surface area contributed by atoms with E-state index in [0.29, 0.717) is 6.42 Å². The van der Waals surface area contributed by atoms with Crippen LogP contribution in [-0.4, -0.2) is 37.0 Å². The van der Waals surface area contributed by atoms with Gasteiger partial charge in [-0.25, -0.2) is 8.42 Å². The Morgan fingerprint density at radius 3 is 2.55 bits per heavy atom. The molecule has 0 aliphatic rings. The maximum Gasteiger partial charge on any atom is 0.243 e. The SMILES string of the molecule is CC(C)N(CCCO)S(=O)(=O)c1ccc(C#N)c(Cl)c1. The van der Waals surface area contributed by atoms with E-state index in [2.05, 4.69) is 0 Å². The molecule has 0 spiro atoms. The van der Waals surface area contributed by atoms with Crippen LogP contribution in [0.15, 0.2) is 23.1 Å². The molecule has 0 radical (unpaired) electrons. The summed E-state index contributed by atoms with van der Waals surface area (Å²) in [6, 6.07) is 5.69. The predicted octanol–water partition coefficient (Wildman–Crippen LogP) is 1.99. The summed E-state index contributed by atoms with van der Waals surface area (Å²) in [4.78, 5) is 0.0492. The monoisotopic (exact) mass is 316 g/mol. The second-order valence-corrected chi connectivity index (χ2v) is 6.84. The van der Waals surface area contributed by atoms with Gasteiger partial charge in [0.05, 0.1) is 15.5 Å². The van der Waals surface area contributed by atoms with E-state index < -0.39 is 10.0 Å². The maximum absolute atomic E-state index is 12.5. The Bertz CT molecular complexity index is 609. The Labute approximate surface area is 124 Å². The summed E-state index contributed by atoms with van der Waals surface area (Å²) in [5, 5.41) is 17.8. The number of hydrogen-bond acceptors (Lipinski definition) is 4. The van der Waals surface area contributed by atoms with Crippen molar-refractivity contribution in [2.24, 2.45) is 0 Å². The summed E-state index contributed by atoms with van der Waals surface area (Å²) in [6.45, 7) is 3.68. The van der Waals surface area contributed by atoms with Crippen LogP contribution in [0.4, 0.5) is 0 Å². The van der Waals surface area contributed by atoms with E-state index in [9.17, 15) is 8.42 Å². The maximum atomic E-state index is 12.5. The summed E-state index contributed by atoms with van der Waals surface area (Å²) in [5.41, 5.74) is 0.233. The van der Waals surface area contributed by atoms with Crippen LogP contribution < -0.4 is 0 Å². The predicted molar refractivity (Wildman–Crippen MR) is 76.9 cm³/mol. The molecule has 0 saturated carbocycles. The quantitative estimate of drug-likeness (QED) is 0.870. The Morgan fingerprint density at radius 1 is 1.45 bits per heavy atom. The second-order valence-electron chi connectivity index (χ2n) is 4.54. The van der Waals surface area contributed by atoms with Gasteiger partial charge in [0.25, 0.3) is 0 Å². The molecule has 20 heavy (non-hydrogen) atoms. The van der Waals surface area contributed by atoms with Crippen molar-refractivity contribution in [3.63, 3.8) is 0 Å². The van der Waals surface area contributed by atoms with Crippen molar-refractivity contribution in [2.45, 2.75) is 31.2 Å². The molecule has 7 heteroatoms. The van der Waals surface area contributed by atoms with E-state index >= 15 is 0 Å². The van der Waals surface area contributed by atoms with Gasteiger partial charge in [-0.15, -0.1) is 0 Å². The number of benzene rings is 1. The highest BCUT2D eigenvalue weighted by Gasteiger charge is 2.27. The fraction of sp³-hybridized carbons (Fsp3) is 0.462. The Balaban J connectivity index is 3.20. The van der Waals surface area contributed by atoms with Gasteiger partial charge in [-0.3, -0.25) is 0 Å². The summed E-state index contributed by atoms with van der Waals surface area (Å²) in [6.07, 6.45) is 0.363. The minimum Gasteiger partial charge on any atom is -0.396 e. The normalized spacial score (nSPS) is 11.8. The van der Waals surface area contributed by atoms with Crippen LogP contribution >= 0.6 is 11.6 Å². The van der Waals surface area contributed by atoms with Gasteiger partial charge in [0.1, 0.15) is 6.07 Å². The van der Waals surface area contributed by atoms with Gasteiger partial charge in [0.2, 0.25) is 10.0 Å². The smallest absolute Gasteiger partial charge is 0.243 e. The third kappa shape index (κ3) is 3.70. The van der Waals surface area contributed by atoms with Crippen LogP contribution in [0.3, 0.4) is 0 Å². The van der Waals surface area contributed by atoms with Gasteiger partial charge >= 0.3 is 0 Å². The largest absolute Gasteiger partial charge is 0.396 e. The van der Waals surface area contributed by atoms with Gasteiger partial charge in [-0.2, -0.15) is 9.57 Å². The molecular weight excluding hydrogens is 300 g/mol. The third-order valence-electron chi connectivity index (χ3n) is 2.78. The minimum absolute atomic E-state index is 0.0492. The lowest BCUT2D eigenvalue weighted by Gasteiger charge is -2.25. The Hall–Kier alpha value is -1.13. The lowest BCUT2D eigenvalue weighted by molar-refractivity contribution is 0.258. The number of aliphatic hydroxyl groups excluding tert-OH is 1. The summed E-state index contributed by atoms with van der Waals surface area (Å²) >= 11 is 5.88. The van der Waals surface area contributed by atoms with Crippen LogP contribution in [0.5, 0.6) is 0 Å². The molecule has 0 atom stereocenters. The van der Waals surface area contributed by atoms with Gasteiger partial charge in [-0.1, -0.05) is 11.6 Å². The van der Waals surface area contributed by atoms with Crippen molar-refractivity contribution >= 4 is 21.6 Å². The first kappa shape index (κ1) is 16.9. The highest BCUT2D eigenvalue weighted by Crippen LogP contribution is 2.24. The molecule has 0 saturated heterocycles. The zero-order chi connectivity index (χ0) is 15.3. The van der Waals surface area contributed by atoms with E-state index in [1.54, 1.807) is 13.8 Å². The standard InChI is InChI=1S/C13H17ClN2O3S/c1-10(2)16(6-3-7-17)20(18,19)12-5-4-11(9-15)13(14)8-12/h4-5,8,10,17H,3,6-7H2,1-2H3. The molecule has 0 aliphatic carbocycles. The number of halogens is 1. The number of hydrogen-bond donors (Lipinski definition) is 1. The lowest BCUT2D eigenvalue weighted by Crippen LogP contribution is -2.38. The molecule has 0 bridgehead atoms. The number of aliphatic hydroxyl groups is 1. The van der Waals surface area contributed by atoms with Gasteiger partial charge in [-0.05, 0) is 38.5 Å². The lowest BCUT2D eigenvalue weighted by atomic mass is 10.2. The molecule has 1 N–H and O–H groups in total. The van der Waals surface area contributed by atoms with Crippen molar-refractivity contribution < 1.29 is 13.5 Å². The Morgan fingerprint density at radius 2 is 2.10 bits per heavy atom. The molecule has 0 unspecified atom stereocenters. The number of rotatable bonds is 6. The molecule has 0 aliphatic heterocycles. The van der Waals surface area contributed by atoms with E-state index in [0.717, 1.165) is 0 Å². The van der Waals surface area contributed by atoms with Crippen molar-refractivity contribution in [3.05, 3.63) is 28.8 Å². The van der Waals surface area contributed by atoms with Crippen LogP contribution in [0.1, 0.15) is 25.8 Å². The second kappa shape index (κ2) is 7.04. The van der Waals surface area contributed by atoms with E-state index in [-0.39, 0.29) is 34.7 Å². The highest BCUT2D eigenvalue weighted by atomic mass is 35.5.